The van der Waals surface area contributed by atoms with Gasteiger partial charge in [-0.05, 0) is 18.8 Å². The zero-order valence-electron chi connectivity index (χ0n) is 12.1. The molecular weight excluding hydrogens is 260 g/mol. The summed E-state index contributed by atoms with van der Waals surface area (Å²) in [6.07, 6.45) is 4.53. The summed E-state index contributed by atoms with van der Waals surface area (Å²) in [6.45, 7) is 2.14. The van der Waals surface area contributed by atoms with Crippen LogP contribution in [0.5, 0.6) is 0 Å². The first-order valence-electron chi connectivity index (χ1n) is 7.39. The number of hydrogen-bond donors (Lipinski definition) is 1. The van der Waals surface area contributed by atoms with Gasteiger partial charge in [0.2, 0.25) is 0 Å². The van der Waals surface area contributed by atoms with Crippen molar-refractivity contribution >= 4 is 12.0 Å². The van der Waals surface area contributed by atoms with Crippen LogP contribution in [0.4, 0.5) is 4.79 Å². The molecule has 2 rings (SSSR count). The van der Waals surface area contributed by atoms with Crippen molar-refractivity contribution in [3.63, 3.8) is 0 Å². The van der Waals surface area contributed by atoms with Gasteiger partial charge in [0.15, 0.2) is 0 Å². The Balaban J connectivity index is 1.82. The van der Waals surface area contributed by atoms with Gasteiger partial charge in [0, 0.05) is 26.7 Å². The van der Waals surface area contributed by atoms with E-state index in [-0.39, 0.29) is 18.6 Å². The fourth-order valence-electron chi connectivity index (χ4n) is 3.11. The zero-order chi connectivity index (χ0) is 14.5. The Labute approximate surface area is 119 Å². The van der Waals surface area contributed by atoms with Gasteiger partial charge in [-0.25, -0.2) is 4.79 Å². The van der Waals surface area contributed by atoms with E-state index in [1.165, 1.54) is 25.7 Å². The van der Waals surface area contributed by atoms with Crippen molar-refractivity contribution in [2.45, 2.75) is 38.2 Å². The summed E-state index contributed by atoms with van der Waals surface area (Å²) in [5.74, 6) is -0.261. The van der Waals surface area contributed by atoms with E-state index in [9.17, 15) is 9.59 Å². The molecule has 114 valence electrons. The highest BCUT2D eigenvalue weighted by molar-refractivity contribution is 5.74. The number of nitrogens with zero attached hydrogens (tertiary/aromatic N) is 2. The molecule has 1 saturated heterocycles. The smallest absolute Gasteiger partial charge is 0.319 e. The molecule has 1 aliphatic heterocycles. The first-order valence-corrected chi connectivity index (χ1v) is 7.39. The van der Waals surface area contributed by atoms with Crippen LogP contribution in [0.3, 0.4) is 0 Å². The Kier molecular flexibility index (Phi) is 5.23. The van der Waals surface area contributed by atoms with Crippen molar-refractivity contribution in [2.24, 2.45) is 5.92 Å². The number of carboxylic acids is 1. The standard InChI is InChI=1S/C14H24N2O4/c1-15(9-11-4-2-3-5-11)14(19)16-6-7-20-12(10-16)8-13(17)18/h11-12H,2-10H2,1H3,(H,17,18). The van der Waals surface area contributed by atoms with Crippen LogP contribution < -0.4 is 0 Å². The molecule has 6 heteroatoms. The topological polar surface area (TPSA) is 70.1 Å². The molecule has 1 heterocycles. The van der Waals surface area contributed by atoms with E-state index in [0.717, 1.165) is 6.54 Å². The molecule has 0 bridgehead atoms. The number of ether oxygens (including phenoxy) is 1. The number of rotatable bonds is 4. The minimum Gasteiger partial charge on any atom is -0.481 e. The molecule has 20 heavy (non-hydrogen) atoms. The molecule has 6 nitrogen and oxygen atoms in total. The minimum atomic E-state index is -0.886. The van der Waals surface area contributed by atoms with Gasteiger partial charge >= 0.3 is 12.0 Å². The maximum absolute atomic E-state index is 12.4. The van der Waals surface area contributed by atoms with Crippen LogP contribution in [0.2, 0.25) is 0 Å². The third kappa shape index (κ3) is 4.10. The van der Waals surface area contributed by atoms with Gasteiger partial charge in [0.05, 0.1) is 19.1 Å². The molecule has 0 spiro atoms. The van der Waals surface area contributed by atoms with Gasteiger partial charge < -0.3 is 19.6 Å². The minimum absolute atomic E-state index is 0.00408. The molecule has 0 aromatic heterocycles. The van der Waals surface area contributed by atoms with Crippen molar-refractivity contribution in [1.29, 1.82) is 0 Å². The van der Waals surface area contributed by atoms with Crippen LogP contribution in [0.15, 0.2) is 0 Å². The van der Waals surface area contributed by atoms with E-state index < -0.39 is 5.97 Å². The average molecular weight is 284 g/mol. The summed E-state index contributed by atoms with van der Waals surface area (Å²) in [7, 11) is 1.84. The Hall–Kier alpha value is -1.30. The lowest BCUT2D eigenvalue weighted by Gasteiger charge is -2.35. The highest BCUT2D eigenvalue weighted by atomic mass is 16.5. The summed E-state index contributed by atoms with van der Waals surface area (Å²) in [4.78, 5) is 26.6. The fourth-order valence-corrected chi connectivity index (χ4v) is 3.11. The van der Waals surface area contributed by atoms with Crippen molar-refractivity contribution in [3.05, 3.63) is 0 Å². The molecule has 0 radical (unpaired) electrons. The monoisotopic (exact) mass is 284 g/mol. The number of carbonyl (C=O) groups excluding carboxylic acids is 1. The van der Waals surface area contributed by atoms with Crippen molar-refractivity contribution < 1.29 is 19.4 Å². The van der Waals surface area contributed by atoms with Gasteiger partial charge in [0.25, 0.3) is 0 Å². The molecule has 0 aromatic rings. The van der Waals surface area contributed by atoms with E-state index in [4.69, 9.17) is 9.84 Å². The van der Waals surface area contributed by atoms with Gasteiger partial charge in [0.1, 0.15) is 0 Å². The predicted molar refractivity (Wildman–Crippen MR) is 73.5 cm³/mol. The molecule has 1 aliphatic carbocycles. The van der Waals surface area contributed by atoms with Crippen molar-refractivity contribution in [2.75, 3.05) is 33.3 Å². The lowest BCUT2D eigenvalue weighted by molar-refractivity contribution is -0.141. The molecule has 1 unspecified atom stereocenters. The summed E-state index contributed by atoms with van der Waals surface area (Å²) in [5.41, 5.74) is 0. The number of hydrogen-bond acceptors (Lipinski definition) is 3. The molecule has 1 saturated carbocycles. The SMILES string of the molecule is CN(CC1CCCC1)C(=O)N1CCOC(CC(=O)O)C1. The molecule has 0 aromatic carbocycles. The van der Waals surface area contributed by atoms with Crippen LogP contribution in [0.25, 0.3) is 0 Å². The van der Waals surface area contributed by atoms with Gasteiger partial charge in [-0.3, -0.25) is 4.79 Å². The number of carboxylic acid groups (broad SMARTS) is 1. The van der Waals surface area contributed by atoms with Crippen LogP contribution in [0, 0.1) is 5.92 Å². The van der Waals surface area contributed by atoms with Crippen LogP contribution in [-0.2, 0) is 9.53 Å². The number of aliphatic carboxylic acids is 1. The highest BCUT2D eigenvalue weighted by Crippen LogP contribution is 2.25. The van der Waals surface area contributed by atoms with E-state index >= 15 is 0 Å². The van der Waals surface area contributed by atoms with Crippen molar-refractivity contribution in [3.8, 4) is 0 Å². The molecule has 2 fully saturated rings. The number of urea groups is 1. The largest absolute Gasteiger partial charge is 0.481 e. The summed E-state index contributed by atoms with van der Waals surface area (Å²) in [6, 6.07) is -0.00408. The fraction of sp³-hybridized carbons (Fsp3) is 0.857. The molecule has 2 amide bonds. The maximum Gasteiger partial charge on any atom is 0.319 e. The second kappa shape index (κ2) is 6.92. The zero-order valence-corrected chi connectivity index (χ0v) is 12.1. The normalized spacial score (nSPS) is 23.9. The number of carbonyl (C=O) groups is 2. The number of morpholine rings is 1. The molecule has 2 aliphatic rings. The van der Waals surface area contributed by atoms with E-state index in [1.54, 1.807) is 9.80 Å². The maximum atomic E-state index is 12.4. The van der Waals surface area contributed by atoms with Crippen LogP contribution in [0.1, 0.15) is 32.1 Å². The lowest BCUT2D eigenvalue weighted by atomic mass is 10.1. The molecule has 1 atom stereocenters. The summed E-state index contributed by atoms with van der Waals surface area (Å²) >= 11 is 0. The second-order valence-electron chi connectivity index (χ2n) is 5.85. The molecule has 1 N–H and O–H groups in total. The third-order valence-electron chi connectivity index (χ3n) is 4.14. The highest BCUT2D eigenvalue weighted by Gasteiger charge is 2.28. The second-order valence-corrected chi connectivity index (χ2v) is 5.85. The van der Waals surface area contributed by atoms with E-state index in [0.29, 0.717) is 25.6 Å². The quantitative estimate of drug-likeness (QED) is 0.847. The van der Waals surface area contributed by atoms with Crippen molar-refractivity contribution in [1.82, 2.24) is 9.80 Å². The average Bonchev–Trinajstić information content (AvgIpc) is 2.90. The first kappa shape index (κ1) is 15.1. The predicted octanol–water partition coefficient (Wildman–Crippen LogP) is 1.40. The van der Waals surface area contributed by atoms with Gasteiger partial charge in [-0.15, -0.1) is 0 Å². The Morgan fingerprint density at radius 3 is 2.70 bits per heavy atom. The van der Waals surface area contributed by atoms with E-state index in [1.807, 2.05) is 7.05 Å². The van der Waals surface area contributed by atoms with Gasteiger partial charge in [-0.1, -0.05) is 12.8 Å². The summed E-state index contributed by atoms with van der Waals surface area (Å²) < 4.78 is 5.39. The van der Waals surface area contributed by atoms with E-state index in [2.05, 4.69) is 0 Å². The van der Waals surface area contributed by atoms with Gasteiger partial charge in [-0.2, -0.15) is 0 Å². The summed E-state index contributed by atoms with van der Waals surface area (Å²) in [5, 5.41) is 8.80. The van der Waals surface area contributed by atoms with Crippen LogP contribution in [-0.4, -0.2) is 66.3 Å². The Bertz CT molecular complexity index is 355. The lowest BCUT2D eigenvalue weighted by Crippen LogP contribution is -2.51. The first-order chi connectivity index (χ1) is 9.56. The Morgan fingerprint density at radius 2 is 2.05 bits per heavy atom. The number of amides is 2. The van der Waals surface area contributed by atoms with Crippen LogP contribution >= 0.6 is 0 Å². The Morgan fingerprint density at radius 1 is 1.35 bits per heavy atom. The third-order valence-corrected chi connectivity index (χ3v) is 4.14. The molecular formula is C14H24N2O4.